The Labute approximate surface area is 130 Å². The zero-order chi connectivity index (χ0) is 16.4. The van der Waals surface area contributed by atoms with Gasteiger partial charge in [-0.1, -0.05) is 37.0 Å². The Balaban J connectivity index is 3.22. The van der Waals surface area contributed by atoms with Gasteiger partial charge in [-0.3, -0.25) is 0 Å². The van der Waals surface area contributed by atoms with Gasteiger partial charge in [0.2, 0.25) is 10.0 Å². The van der Waals surface area contributed by atoms with Crippen molar-refractivity contribution in [3.8, 4) is 0 Å². The molecule has 0 spiro atoms. The minimum atomic E-state index is -4.65. The summed E-state index contributed by atoms with van der Waals surface area (Å²) in [5.41, 5.74) is 0. The van der Waals surface area contributed by atoms with E-state index in [0.717, 1.165) is 12.3 Å². The van der Waals surface area contributed by atoms with E-state index in [1.165, 1.54) is 0 Å². The molecule has 1 heterocycles. The molecule has 0 amide bonds. The summed E-state index contributed by atoms with van der Waals surface area (Å²) in [5, 5.41) is -0.268. The van der Waals surface area contributed by atoms with E-state index in [1.807, 2.05) is 0 Å². The minimum absolute atomic E-state index is 0.123. The summed E-state index contributed by atoms with van der Waals surface area (Å²) < 4.78 is 62.7. The molecule has 0 N–H and O–H groups in total. The molecule has 120 valence electrons. The van der Waals surface area contributed by atoms with Gasteiger partial charge in [0, 0.05) is 12.7 Å². The van der Waals surface area contributed by atoms with E-state index in [2.05, 4.69) is 4.98 Å². The fourth-order valence-electron chi connectivity index (χ4n) is 1.55. The van der Waals surface area contributed by atoms with E-state index in [4.69, 9.17) is 23.2 Å². The van der Waals surface area contributed by atoms with Crippen molar-refractivity contribution < 1.29 is 21.6 Å². The number of hydrogen-bond donors (Lipinski definition) is 0. The number of sulfonamides is 1. The summed E-state index contributed by atoms with van der Waals surface area (Å²) in [6.45, 7) is 1.38. The molecule has 1 aromatic heterocycles. The van der Waals surface area contributed by atoms with Gasteiger partial charge in [0.1, 0.15) is 16.6 Å². The molecular weight excluding hydrogens is 352 g/mol. The maximum atomic E-state index is 12.6. The monoisotopic (exact) mass is 364 g/mol. The first-order chi connectivity index (χ1) is 9.43. The normalized spacial score (nSPS) is 13.2. The molecule has 0 aliphatic heterocycles. The summed E-state index contributed by atoms with van der Waals surface area (Å²) in [6.07, 6.45) is -3.77. The Kier molecular flexibility index (Phi) is 5.88. The lowest BCUT2D eigenvalue weighted by Gasteiger charge is -2.24. The Hall–Kier alpha value is -0.570. The molecule has 0 fully saturated rings. The molecule has 0 atom stereocenters. The van der Waals surface area contributed by atoms with Crippen molar-refractivity contribution in [3.63, 3.8) is 0 Å². The number of rotatable bonds is 5. The third-order valence-electron chi connectivity index (χ3n) is 2.33. The standard InChI is InChI=1S/C11H13Cl2F3N2O2S/c1-7(2)5-18(6-11(14,15)16)21(19,20)8-3-9(12)10(13)17-4-8/h3-4,7H,5-6H2,1-2H3. The third kappa shape index (κ3) is 5.28. The molecule has 0 aliphatic carbocycles. The van der Waals surface area contributed by atoms with Crippen LogP contribution in [0.15, 0.2) is 17.2 Å². The number of hydrogen-bond acceptors (Lipinski definition) is 3. The lowest BCUT2D eigenvalue weighted by atomic mass is 10.2. The first-order valence-electron chi connectivity index (χ1n) is 5.81. The number of alkyl halides is 3. The summed E-state index contributed by atoms with van der Waals surface area (Å²) >= 11 is 11.2. The Morgan fingerprint density at radius 3 is 2.33 bits per heavy atom. The maximum absolute atomic E-state index is 12.6. The van der Waals surface area contributed by atoms with Crippen molar-refractivity contribution in [1.82, 2.24) is 9.29 Å². The van der Waals surface area contributed by atoms with Crippen LogP contribution in [0.25, 0.3) is 0 Å². The highest BCUT2D eigenvalue weighted by Crippen LogP contribution is 2.27. The highest BCUT2D eigenvalue weighted by Gasteiger charge is 2.37. The summed E-state index contributed by atoms with van der Waals surface area (Å²) in [7, 11) is -4.36. The first kappa shape index (κ1) is 18.5. The fraction of sp³-hybridized carbons (Fsp3) is 0.545. The average Bonchev–Trinajstić information content (AvgIpc) is 2.29. The van der Waals surface area contributed by atoms with Crippen molar-refractivity contribution in [2.24, 2.45) is 5.92 Å². The van der Waals surface area contributed by atoms with Crippen molar-refractivity contribution in [2.45, 2.75) is 24.9 Å². The van der Waals surface area contributed by atoms with Crippen molar-refractivity contribution in [2.75, 3.05) is 13.1 Å². The predicted molar refractivity (Wildman–Crippen MR) is 73.9 cm³/mol. The highest BCUT2D eigenvalue weighted by molar-refractivity contribution is 7.89. The molecule has 0 saturated heterocycles. The summed E-state index contributed by atoms with van der Waals surface area (Å²) in [6, 6.07) is 0.982. The molecule has 21 heavy (non-hydrogen) atoms. The van der Waals surface area contributed by atoms with Gasteiger partial charge < -0.3 is 0 Å². The molecule has 0 unspecified atom stereocenters. The van der Waals surface area contributed by atoms with Gasteiger partial charge in [-0.2, -0.15) is 17.5 Å². The maximum Gasteiger partial charge on any atom is 0.402 e. The predicted octanol–water partition coefficient (Wildman–Crippen LogP) is 3.60. The number of aromatic nitrogens is 1. The quantitative estimate of drug-likeness (QED) is 0.750. The second-order valence-corrected chi connectivity index (χ2v) is 7.45. The van der Waals surface area contributed by atoms with Crippen LogP contribution in [-0.4, -0.2) is 37.0 Å². The lowest BCUT2D eigenvalue weighted by molar-refractivity contribution is -0.136. The number of nitrogens with zero attached hydrogens (tertiary/aromatic N) is 2. The molecule has 0 aromatic carbocycles. The number of pyridine rings is 1. The molecule has 0 saturated carbocycles. The second-order valence-electron chi connectivity index (χ2n) is 4.75. The second kappa shape index (κ2) is 6.68. The van der Waals surface area contributed by atoms with E-state index in [9.17, 15) is 21.6 Å². The van der Waals surface area contributed by atoms with Crippen LogP contribution in [-0.2, 0) is 10.0 Å². The SMILES string of the molecule is CC(C)CN(CC(F)(F)F)S(=O)(=O)c1cnc(Cl)c(Cl)c1. The van der Waals surface area contributed by atoms with Crippen LogP contribution in [0.4, 0.5) is 13.2 Å². The van der Waals surface area contributed by atoms with Gasteiger partial charge in [-0.05, 0) is 12.0 Å². The molecular formula is C11H13Cl2F3N2O2S. The van der Waals surface area contributed by atoms with Crippen LogP contribution >= 0.6 is 23.2 Å². The van der Waals surface area contributed by atoms with Crippen LogP contribution in [0.3, 0.4) is 0 Å². The molecule has 10 heteroatoms. The van der Waals surface area contributed by atoms with Crippen molar-refractivity contribution in [1.29, 1.82) is 0 Å². The minimum Gasteiger partial charge on any atom is -0.242 e. The van der Waals surface area contributed by atoms with E-state index in [-0.39, 0.29) is 22.6 Å². The number of halogens is 5. The van der Waals surface area contributed by atoms with Gasteiger partial charge in [0.25, 0.3) is 0 Å². The van der Waals surface area contributed by atoms with Gasteiger partial charge in [-0.25, -0.2) is 13.4 Å². The fourth-order valence-corrected chi connectivity index (χ4v) is 3.44. The lowest BCUT2D eigenvalue weighted by Crippen LogP contribution is -2.41. The molecule has 1 aromatic rings. The van der Waals surface area contributed by atoms with Gasteiger partial charge in [0.15, 0.2) is 0 Å². The van der Waals surface area contributed by atoms with Crippen LogP contribution in [0, 0.1) is 5.92 Å². The topological polar surface area (TPSA) is 50.3 Å². The van der Waals surface area contributed by atoms with Gasteiger partial charge >= 0.3 is 6.18 Å². The Bertz CT molecular complexity index is 606. The van der Waals surface area contributed by atoms with E-state index >= 15 is 0 Å². The average molecular weight is 365 g/mol. The molecule has 1 rings (SSSR count). The summed E-state index contributed by atoms with van der Waals surface area (Å²) in [5.74, 6) is -0.280. The molecule has 0 aliphatic rings. The van der Waals surface area contributed by atoms with E-state index < -0.39 is 27.6 Å². The summed E-state index contributed by atoms with van der Waals surface area (Å²) in [4.78, 5) is 3.12. The van der Waals surface area contributed by atoms with Gasteiger partial charge in [0.05, 0.1) is 5.02 Å². The largest absolute Gasteiger partial charge is 0.402 e. The zero-order valence-corrected chi connectivity index (χ0v) is 13.5. The first-order valence-corrected chi connectivity index (χ1v) is 8.01. The van der Waals surface area contributed by atoms with Crippen LogP contribution in [0.1, 0.15) is 13.8 Å². The highest BCUT2D eigenvalue weighted by atomic mass is 35.5. The van der Waals surface area contributed by atoms with Crippen LogP contribution in [0.5, 0.6) is 0 Å². The molecule has 0 radical (unpaired) electrons. The van der Waals surface area contributed by atoms with Crippen LogP contribution < -0.4 is 0 Å². The van der Waals surface area contributed by atoms with E-state index in [1.54, 1.807) is 13.8 Å². The smallest absolute Gasteiger partial charge is 0.242 e. The van der Waals surface area contributed by atoms with E-state index in [0.29, 0.717) is 4.31 Å². The molecule has 0 bridgehead atoms. The third-order valence-corrected chi connectivity index (χ3v) is 4.80. The zero-order valence-electron chi connectivity index (χ0n) is 11.2. The van der Waals surface area contributed by atoms with Crippen LogP contribution in [0.2, 0.25) is 10.2 Å². The molecule has 4 nitrogen and oxygen atoms in total. The van der Waals surface area contributed by atoms with Gasteiger partial charge in [-0.15, -0.1) is 0 Å². The van der Waals surface area contributed by atoms with Crippen molar-refractivity contribution >= 4 is 33.2 Å². The Morgan fingerprint density at radius 2 is 1.90 bits per heavy atom. The Morgan fingerprint density at radius 1 is 1.33 bits per heavy atom. The van der Waals surface area contributed by atoms with Crippen molar-refractivity contribution in [3.05, 3.63) is 22.4 Å².